The quantitative estimate of drug-likeness (QED) is 0.840. The van der Waals surface area contributed by atoms with Crippen LogP contribution >= 0.6 is 11.6 Å². The number of rotatable bonds is 3. The molecule has 2 rings (SSSR count). The number of oxazole rings is 1. The first-order valence-corrected chi connectivity index (χ1v) is 5.55. The van der Waals surface area contributed by atoms with Crippen LogP contribution in [0.25, 0.3) is 11.1 Å². The molecule has 1 aromatic carbocycles. The molecule has 0 aliphatic rings. The summed E-state index contributed by atoms with van der Waals surface area (Å²) in [7, 11) is 1.67. The summed E-state index contributed by atoms with van der Waals surface area (Å²) < 4.78 is 4.88. The monoisotopic (exact) mass is 254 g/mol. The van der Waals surface area contributed by atoms with Crippen molar-refractivity contribution in [2.45, 2.75) is 6.54 Å². The van der Waals surface area contributed by atoms with Crippen LogP contribution in [0.15, 0.2) is 27.4 Å². The summed E-state index contributed by atoms with van der Waals surface area (Å²) >= 11 is 5.46. The lowest BCUT2D eigenvalue weighted by molar-refractivity contribution is -0.127. The second-order valence-corrected chi connectivity index (χ2v) is 4.00. The number of alkyl halides is 1. The molecule has 0 aliphatic heterocycles. The predicted molar refractivity (Wildman–Crippen MR) is 64.0 cm³/mol. The molecule has 1 heterocycles. The van der Waals surface area contributed by atoms with Gasteiger partial charge in [-0.1, -0.05) is 6.07 Å². The Bertz CT molecular complexity index is 602. The zero-order valence-electron chi connectivity index (χ0n) is 9.20. The number of hydrogen-bond donors (Lipinski definition) is 1. The first kappa shape index (κ1) is 11.7. The highest BCUT2D eigenvalue weighted by atomic mass is 35.5. The van der Waals surface area contributed by atoms with Crippen LogP contribution in [0.3, 0.4) is 0 Å². The van der Waals surface area contributed by atoms with Crippen LogP contribution in [0.2, 0.25) is 0 Å². The van der Waals surface area contributed by atoms with Gasteiger partial charge in [-0.3, -0.25) is 9.78 Å². The van der Waals surface area contributed by atoms with E-state index >= 15 is 0 Å². The highest BCUT2D eigenvalue weighted by Gasteiger charge is 2.08. The number of aromatic amines is 1. The Morgan fingerprint density at radius 1 is 1.53 bits per heavy atom. The number of aromatic nitrogens is 1. The van der Waals surface area contributed by atoms with E-state index < -0.39 is 5.76 Å². The predicted octanol–water partition coefficient (Wildman–Crippen LogP) is 1.32. The van der Waals surface area contributed by atoms with Gasteiger partial charge < -0.3 is 9.32 Å². The van der Waals surface area contributed by atoms with Crippen molar-refractivity contribution in [2.24, 2.45) is 0 Å². The van der Waals surface area contributed by atoms with Crippen molar-refractivity contribution in [1.82, 2.24) is 9.88 Å². The molecule has 5 nitrogen and oxygen atoms in total. The zero-order valence-corrected chi connectivity index (χ0v) is 9.95. The third-order valence-electron chi connectivity index (χ3n) is 2.44. The van der Waals surface area contributed by atoms with Crippen molar-refractivity contribution in [2.75, 3.05) is 12.9 Å². The molecule has 0 fully saturated rings. The number of carbonyl (C=O) groups is 1. The van der Waals surface area contributed by atoms with Crippen molar-refractivity contribution in [3.8, 4) is 0 Å². The molecule has 0 bridgehead atoms. The Morgan fingerprint density at radius 2 is 2.29 bits per heavy atom. The Balaban J connectivity index is 2.24. The summed E-state index contributed by atoms with van der Waals surface area (Å²) in [5.41, 5.74) is 2.03. The Kier molecular flexibility index (Phi) is 3.19. The fraction of sp³-hybridized carbons (Fsp3) is 0.273. The smallest absolute Gasteiger partial charge is 0.408 e. The van der Waals surface area contributed by atoms with Crippen molar-refractivity contribution in [3.63, 3.8) is 0 Å². The van der Waals surface area contributed by atoms with Gasteiger partial charge in [0.1, 0.15) is 5.88 Å². The van der Waals surface area contributed by atoms with Crippen LogP contribution in [0, 0.1) is 0 Å². The Hall–Kier alpha value is -1.75. The van der Waals surface area contributed by atoms with Gasteiger partial charge in [0.15, 0.2) is 5.58 Å². The molecule has 0 radical (unpaired) electrons. The number of hydrogen-bond acceptors (Lipinski definition) is 3. The second kappa shape index (κ2) is 4.63. The second-order valence-electron chi connectivity index (χ2n) is 3.73. The molecule has 1 N–H and O–H groups in total. The van der Waals surface area contributed by atoms with E-state index in [9.17, 15) is 9.59 Å². The normalized spacial score (nSPS) is 10.7. The van der Waals surface area contributed by atoms with Gasteiger partial charge in [-0.2, -0.15) is 0 Å². The number of benzene rings is 1. The molecule has 1 amide bonds. The van der Waals surface area contributed by atoms with Crippen molar-refractivity contribution in [1.29, 1.82) is 0 Å². The number of nitrogens with one attached hydrogen (secondary N) is 1. The van der Waals surface area contributed by atoms with Crippen LogP contribution in [-0.4, -0.2) is 28.7 Å². The minimum Gasteiger partial charge on any atom is -0.408 e. The fourth-order valence-electron chi connectivity index (χ4n) is 1.56. The lowest BCUT2D eigenvalue weighted by Gasteiger charge is -2.15. The zero-order chi connectivity index (χ0) is 12.4. The van der Waals surface area contributed by atoms with Crippen molar-refractivity contribution < 1.29 is 9.21 Å². The molecule has 0 saturated heterocycles. The van der Waals surface area contributed by atoms with E-state index in [-0.39, 0.29) is 11.8 Å². The van der Waals surface area contributed by atoms with Gasteiger partial charge in [-0.25, -0.2) is 4.79 Å². The van der Waals surface area contributed by atoms with Crippen molar-refractivity contribution in [3.05, 3.63) is 34.3 Å². The Labute approximate surface area is 102 Å². The van der Waals surface area contributed by atoms with Crippen LogP contribution in [0.1, 0.15) is 5.56 Å². The molecule has 0 atom stereocenters. The molecule has 0 aliphatic carbocycles. The standard InChI is InChI=1S/C11H11ClN2O3/c1-14(10(15)5-12)6-7-2-3-9-8(4-7)13-11(16)17-9/h2-4H,5-6H2,1H3,(H,13,16). The van der Waals surface area contributed by atoms with E-state index in [1.165, 1.54) is 4.90 Å². The fourth-order valence-corrected chi connectivity index (χ4v) is 1.77. The molecule has 1 aromatic heterocycles. The van der Waals surface area contributed by atoms with Gasteiger partial charge in [-0.15, -0.1) is 11.6 Å². The maximum Gasteiger partial charge on any atom is 0.417 e. The highest BCUT2D eigenvalue weighted by Crippen LogP contribution is 2.13. The molecule has 90 valence electrons. The maximum absolute atomic E-state index is 11.3. The van der Waals surface area contributed by atoms with E-state index in [1.54, 1.807) is 25.2 Å². The number of nitrogens with zero attached hydrogens (tertiary/aromatic N) is 1. The van der Waals surface area contributed by atoms with Crippen molar-refractivity contribution >= 4 is 28.6 Å². The first-order valence-electron chi connectivity index (χ1n) is 5.02. The largest absolute Gasteiger partial charge is 0.417 e. The third-order valence-corrected chi connectivity index (χ3v) is 2.67. The van der Waals surface area contributed by atoms with Gasteiger partial charge in [0.25, 0.3) is 0 Å². The minimum absolute atomic E-state index is 0.0404. The molecule has 0 saturated carbocycles. The van der Waals surface area contributed by atoms with E-state index in [0.29, 0.717) is 17.6 Å². The lowest BCUT2D eigenvalue weighted by atomic mass is 10.2. The van der Waals surface area contributed by atoms with E-state index in [0.717, 1.165) is 5.56 Å². The van der Waals surface area contributed by atoms with Gasteiger partial charge >= 0.3 is 5.76 Å². The number of amides is 1. The van der Waals surface area contributed by atoms with E-state index in [4.69, 9.17) is 16.0 Å². The van der Waals surface area contributed by atoms with Crippen LogP contribution in [0.4, 0.5) is 0 Å². The summed E-state index contributed by atoms with van der Waals surface area (Å²) in [6.45, 7) is 0.439. The minimum atomic E-state index is -0.484. The molecule has 6 heteroatoms. The topological polar surface area (TPSA) is 66.3 Å². The first-order chi connectivity index (χ1) is 8.10. The summed E-state index contributed by atoms with van der Waals surface area (Å²) in [5, 5.41) is 0. The van der Waals surface area contributed by atoms with Gasteiger partial charge in [-0.05, 0) is 17.7 Å². The maximum atomic E-state index is 11.3. The number of halogens is 1. The number of carbonyl (C=O) groups excluding carboxylic acids is 1. The van der Waals surface area contributed by atoms with Crippen LogP contribution in [-0.2, 0) is 11.3 Å². The number of H-pyrrole nitrogens is 1. The Morgan fingerprint density at radius 3 is 3.00 bits per heavy atom. The van der Waals surface area contributed by atoms with Gasteiger partial charge in [0.2, 0.25) is 5.91 Å². The third kappa shape index (κ3) is 2.50. The van der Waals surface area contributed by atoms with E-state index in [1.807, 2.05) is 0 Å². The average Bonchev–Trinajstić information content (AvgIpc) is 2.67. The van der Waals surface area contributed by atoms with Crippen LogP contribution < -0.4 is 5.76 Å². The molecular weight excluding hydrogens is 244 g/mol. The summed E-state index contributed by atoms with van der Waals surface area (Å²) in [4.78, 5) is 26.4. The van der Waals surface area contributed by atoms with Gasteiger partial charge in [0, 0.05) is 13.6 Å². The van der Waals surface area contributed by atoms with Crippen LogP contribution in [0.5, 0.6) is 0 Å². The molecule has 0 spiro atoms. The molecule has 0 unspecified atom stereocenters. The SMILES string of the molecule is CN(Cc1ccc2oc(=O)[nH]c2c1)C(=O)CCl. The number of fused-ring (bicyclic) bond motifs is 1. The van der Waals surface area contributed by atoms with E-state index in [2.05, 4.69) is 4.98 Å². The molecular formula is C11H11ClN2O3. The highest BCUT2D eigenvalue weighted by molar-refractivity contribution is 6.27. The lowest BCUT2D eigenvalue weighted by Crippen LogP contribution is -2.27. The van der Waals surface area contributed by atoms with Gasteiger partial charge in [0.05, 0.1) is 5.52 Å². The summed E-state index contributed by atoms with van der Waals surface area (Å²) in [6, 6.07) is 5.27. The molecule has 2 aromatic rings. The summed E-state index contributed by atoms with van der Waals surface area (Å²) in [6.07, 6.45) is 0. The average molecular weight is 255 g/mol. The molecule has 17 heavy (non-hydrogen) atoms. The summed E-state index contributed by atoms with van der Waals surface area (Å²) in [5.74, 6) is -0.670.